The van der Waals surface area contributed by atoms with Gasteiger partial charge in [-0.25, -0.2) is 4.99 Å². The molecule has 0 unspecified atom stereocenters. The van der Waals surface area contributed by atoms with E-state index in [0.29, 0.717) is 13.0 Å². The van der Waals surface area contributed by atoms with Crippen molar-refractivity contribution in [2.24, 2.45) is 4.99 Å². The largest absolute Gasteiger partial charge is 0.385 e. The molecule has 1 aliphatic heterocycles. The number of methoxy groups -OCH3 is 1. The summed E-state index contributed by atoms with van der Waals surface area (Å²) in [7, 11) is 1.74. The monoisotopic (exact) mass is 360 g/mol. The molecule has 0 bridgehead atoms. The molecule has 1 heterocycles. The van der Waals surface area contributed by atoms with Gasteiger partial charge < -0.3 is 20.3 Å². The van der Waals surface area contributed by atoms with E-state index >= 15 is 0 Å². The zero-order valence-electron chi connectivity index (χ0n) is 16.1. The van der Waals surface area contributed by atoms with Crippen LogP contribution < -0.4 is 15.5 Å². The summed E-state index contributed by atoms with van der Waals surface area (Å²) in [5.41, 5.74) is 2.12. The Morgan fingerprint density at radius 1 is 1.19 bits per heavy atom. The number of unbranched alkanes of at least 4 members (excludes halogenated alkanes) is 2. The molecule has 0 spiro atoms. The van der Waals surface area contributed by atoms with E-state index in [1.54, 1.807) is 7.11 Å². The van der Waals surface area contributed by atoms with Gasteiger partial charge in [-0.1, -0.05) is 12.1 Å². The van der Waals surface area contributed by atoms with Gasteiger partial charge in [0.1, 0.15) is 0 Å². The molecule has 6 nitrogen and oxygen atoms in total. The number of hydrogen-bond donors (Lipinski definition) is 2. The normalized spacial score (nSPS) is 14.8. The molecule has 0 saturated carbocycles. The van der Waals surface area contributed by atoms with E-state index in [-0.39, 0.29) is 5.91 Å². The van der Waals surface area contributed by atoms with E-state index in [0.717, 1.165) is 69.1 Å². The third-order valence-corrected chi connectivity index (χ3v) is 4.40. The predicted molar refractivity (Wildman–Crippen MR) is 107 cm³/mol. The summed E-state index contributed by atoms with van der Waals surface area (Å²) in [6.45, 7) is 6.09. The molecule has 1 fully saturated rings. The number of carbonyl (C=O) groups excluding carboxylic acids is 1. The number of carbonyl (C=O) groups is 1. The highest BCUT2D eigenvalue weighted by Crippen LogP contribution is 2.21. The van der Waals surface area contributed by atoms with Crippen LogP contribution in [0.3, 0.4) is 0 Å². The van der Waals surface area contributed by atoms with E-state index in [1.807, 2.05) is 17.0 Å². The van der Waals surface area contributed by atoms with Crippen LogP contribution in [-0.2, 0) is 16.1 Å². The first kappa shape index (κ1) is 20.2. The summed E-state index contributed by atoms with van der Waals surface area (Å²) in [4.78, 5) is 18.3. The molecule has 2 N–H and O–H groups in total. The minimum absolute atomic E-state index is 0.222. The van der Waals surface area contributed by atoms with E-state index in [2.05, 4.69) is 34.7 Å². The second-order valence-electron chi connectivity index (χ2n) is 6.49. The number of nitrogens with zero attached hydrogens (tertiary/aromatic N) is 2. The van der Waals surface area contributed by atoms with Crippen molar-refractivity contribution < 1.29 is 9.53 Å². The Morgan fingerprint density at radius 2 is 2.00 bits per heavy atom. The fourth-order valence-electron chi connectivity index (χ4n) is 2.97. The van der Waals surface area contributed by atoms with Crippen molar-refractivity contribution in [1.29, 1.82) is 0 Å². The molecule has 0 atom stereocenters. The smallest absolute Gasteiger partial charge is 0.227 e. The molecule has 2 rings (SSSR count). The number of ether oxygens (including phenoxy) is 1. The van der Waals surface area contributed by atoms with Gasteiger partial charge in [0.15, 0.2) is 5.96 Å². The van der Waals surface area contributed by atoms with Gasteiger partial charge in [-0.3, -0.25) is 4.79 Å². The summed E-state index contributed by atoms with van der Waals surface area (Å²) < 4.78 is 5.06. The first-order chi connectivity index (χ1) is 12.7. The summed E-state index contributed by atoms with van der Waals surface area (Å²) in [6, 6.07) is 8.14. The molecule has 0 aliphatic carbocycles. The predicted octanol–water partition coefficient (Wildman–Crippen LogP) is 2.69. The quantitative estimate of drug-likeness (QED) is 0.382. The molecule has 6 heteroatoms. The minimum Gasteiger partial charge on any atom is -0.385 e. The van der Waals surface area contributed by atoms with Crippen molar-refractivity contribution in [2.75, 3.05) is 38.3 Å². The average molecular weight is 361 g/mol. The maximum absolute atomic E-state index is 11.8. The summed E-state index contributed by atoms with van der Waals surface area (Å²) in [5, 5.41) is 6.65. The highest BCUT2D eigenvalue weighted by molar-refractivity contribution is 5.95. The number of anilines is 1. The number of rotatable bonds is 10. The summed E-state index contributed by atoms with van der Waals surface area (Å²) >= 11 is 0. The third kappa shape index (κ3) is 6.67. The van der Waals surface area contributed by atoms with Gasteiger partial charge >= 0.3 is 0 Å². The lowest BCUT2D eigenvalue weighted by Crippen LogP contribution is -2.37. The molecule has 0 aromatic heterocycles. The van der Waals surface area contributed by atoms with Gasteiger partial charge in [0.25, 0.3) is 0 Å². The van der Waals surface area contributed by atoms with Gasteiger partial charge in [0, 0.05) is 45.5 Å². The fraction of sp³-hybridized carbons (Fsp3) is 0.600. The molecule has 1 aromatic rings. The number of amides is 1. The second-order valence-corrected chi connectivity index (χ2v) is 6.49. The van der Waals surface area contributed by atoms with Crippen molar-refractivity contribution >= 4 is 17.6 Å². The molecule has 1 aliphatic rings. The van der Waals surface area contributed by atoms with Crippen molar-refractivity contribution in [3.05, 3.63) is 29.8 Å². The van der Waals surface area contributed by atoms with Crippen LogP contribution in [0.5, 0.6) is 0 Å². The van der Waals surface area contributed by atoms with Crippen LogP contribution >= 0.6 is 0 Å². The van der Waals surface area contributed by atoms with Gasteiger partial charge in [-0.2, -0.15) is 0 Å². The molecule has 0 radical (unpaired) electrons. The maximum atomic E-state index is 11.8. The summed E-state index contributed by atoms with van der Waals surface area (Å²) in [6.07, 6.45) is 4.96. The topological polar surface area (TPSA) is 66.0 Å². The van der Waals surface area contributed by atoms with Crippen LogP contribution in [0.25, 0.3) is 0 Å². The average Bonchev–Trinajstić information content (AvgIpc) is 3.09. The highest BCUT2D eigenvalue weighted by Gasteiger charge is 2.21. The Hall–Kier alpha value is -2.08. The lowest BCUT2D eigenvalue weighted by molar-refractivity contribution is -0.117. The molecular formula is C20H32N4O2. The number of nitrogens with one attached hydrogen (secondary N) is 2. The Bertz CT molecular complexity index is 572. The zero-order chi connectivity index (χ0) is 18.6. The van der Waals surface area contributed by atoms with E-state index in [9.17, 15) is 4.79 Å². The second kappa shape index (κ2) is 11.5. The van der Waals surface area contributed by atoms with Gasteiger partial charge in [0.05, 0.1) is 6.54 Å². The maximum Gasteiger partial charge on any atom is 0.227 e. The van der Waals surface area contributed by atoms with Crippen LogP contribution in [0.2, 0.25) is 0 Å². The van der Waals surface area contributed by atoms with Crippen LogP contribution in [0.4, 0.5) is 5.69 Å². The van der Waals surface area contributed by atoms with E-state index < -0.39 is 0 Å². The SMILES string of the molecule is CCNC(=NCc1ccc(N2CCCC2=O)cc1)NCCCCCOC. The number of hydrogen-bond acceptors (Lipinski definition) is 3. The fourth-order valence-corrected chi connectivity index (χ4v) is 2.97. The lowest BCUT2D eigenvalue weighted by Gasteiger charge is -2.16. The van der Waals surface area contributed by atoms with E-state index in [1.165, 1.54) is 0 Å². The Labute approximate surface area is 157 Å². The first-order valence-electron chi connectivity index (χ1n) is 9.65. The van der Waals surface area contributed by atoms with Crippen LogP contribution in [-0.4, -0.2) is 45.2 Å². The van der Waals surface area contributed by atoms with Gasteiger partial charge in [-0.05, 0) is 50.3 Å². The minimum atomic E-state index is 0.222. The Morgan fingerprint density at radius 3 is 2.65 bits per heavy atom. The number of guanidine groups is 1. The molecule has 26 heavy (non-hydrogen) atoms. The Kier molecular flexibility index (Phi) is 8.96. The van der Waals surface area contributed by atoms with Crippen LogP contribution in [0.15, 0.2) is 29.3 Å². The van der Waals surface area contributed by atoms with Crippen LogP contribution in [0, 0.1) is 0 Å². The third-order valence-electron chi connectivity index (χ3n) is 4.40. The van der Waals surface area contributed by atoms with Crippen molar-refractivity contribution in [1.82, 2.24) is 10.6 Å². The van der Waals surface area contributed by atoms with Crippen molar-refractivity contribution in [3.8, 4) is 0 Å². The lowest BCUT2D eigenvalue weighted by atomic mass is 10.2. The molecule has 144 valence electrons. The van der Waals surface area contributed by atoms with Gasteiger partial charge in [0.2, 0.25) is 5.91 Å². The first-order valence-corrected chi connectivity index (χ1v) is 9.65. The van der Waals surface area contributed by atoms with E-state index in [4.69, 9.17) is 4.74 Å². The standard InChI is InChI=1S/C20H32N4O2/c1-3-21-20(22-13-5-4-6-15-26-2)23-16-17-9-11-18(12-10-17)24-14-7-8-19(24)25/h9-12H,3-8,13-16H2,1-2H3,(H2,21,22,23). The molecule has 1 aromatic carbocycles. The Balaban J connectivity index is 1.81. The van der Waals surface area contributed by atoms with Crippen molar-refractivity contribution in [3.63, 3.8) is 0 Å². The summed E-state index contributed by atoms with van der Waals surface area (Å²) in [5.74, 6) is 1.07. The number of aliphatic imine (C=N–C) groups is 1. The van der Waals surface area contributed by atoms with Crippen LogP contribution in [0.1, 0.15) is 44.6 Å². The van der Waals surface area contributed by atoms with Gasteiger partial charge in [-0.15, -0.1) is 0 Å². The van der Waals surface area contributed by atoms with Crippen molar-refractivity contribution in [2.45, 2.75) is 45.6 Å². The number of benzene rings is 1. The zero-order valence-corrected chi connectivity index (χ0v) is 16.1. The molecule has 1 amide bonds. The molecular weight excluding hydrogens is 328 g/mol. The molecule has 1 saturated heterocycles. The highest BCUT2D eigenvalue weighted by atomic mass is 16.5.